The summed E-state index contributed by atoms with van der Waals surface area (Å²) in [4.78, 5) is 58.3. The summed E-state index contributed by atoms with van der Waals surface area (Å²) in [6.45, 7) is 0.957. The maximum atomic E-state index is 12.0. The highest BCUT2D eigenvalue weighted by molar-refractivity contribution is 7.53. The van der Waals surface area contributed by atoms with Gasteiger partial charge < -0.3 is 24.0 Å². The molecule has 1 aromatic heterocycles. The first kappa shape index (κ1) is 21.8. The van der Waals surface area contributed by atoms with Gasteiger partial charge in [0.2, 0.25) is 0 Å². The molecule has 0 spiro atoms. The van der Waals surface area contributed by atoms with E-state index in [1.165, 1.54) is 13.1 Å². The number of ether oxygens (including phenoxy) is 3. The molecular weight excluding hydrogens is 401 g/mol. The molecule has 154 valence electrons. The summed E-state index contributed by atoms with van der Waals surface area (Å²) in [5, 5.41) is 3.53. The summed E-state index contributed by atoms with van der Waals surface area (Å²) in [7, 11) is -4.05. The molecule has 2 heterocycles. The van der Waals surface area contributed by atoms with Gasteiger partial charge in [0.1, 0.15) is 6.23 Å². The van der Waals surface area contributed by atoms with Gasteiger partial charge in [-0.05, 0) is 12.5 Å². The Balaban J connectivity index is 2.22. The Morgan fingerprint density at radius 1 is 1.57 bits per heavy atom. The lowest BCUT2D eigenvalue weighted by molar-refractivity contribution is -0.152. The first-order chi connectivity index (χ1) is 13.1. The zero-order valence-corrected chi connectivity index (χ0v) is 15.7. The molecule has 0 amide bonds. The summed E-state index contributed by atoms with van der Waals surface area (Å²) in [5.41, 5.74) is 7.65. The van der Waals surface area contributed by atoms with Gasteiger partial charge in [0.15, 0.2) is 0 Å². The first-order valence-electron chi connectivity index (χ1n) is 7.84. The molecule has 1 aliphatic heterocycles. The van der Waals surface area contributed by atoms with Crippen LogP contribution in [0.1, 0.15) is 18.2 Å². The molecule has 0 saturated carbocycles. The summed E-state index contributed by atoms with van der Waals surface area (Å²) < 4.78 is 27.4. The fourth-order valence-corrected chi connectivity index (χ4v) is 3.27. The Morgan fingerprint density at radius 3 is 2.82 bits per heavy atom. The van der Waals surface area contributed by atoms with E-state index in [9.17, 15) is 28.7 Å². The standard InChI is InChI=1S/C13H18N5O9P/c1-6-4-18(13(21)15-10(6)19)9-3-7(16-17-14)8(27-9)5-26-12(11(20)25-2)28(22,23)24/h4,7-9,12H,3,5H2,1-2H3,(H,15,19,21)(H2,22,23,24). The maximum absolute atomic E-state index is 12.0. The monoisotopic (exact) mass is 419 g/mol. The van der Waals surface area contributed by atoms with E-state index in [2.05, 4.69) is 19.7 Å². The number of azide groups is 1. The molecule has 0 aliphatic carbocycles. The number of carbonyl (C=O) groups excluding carboxylic acids is 1. The molecule has 3 N–H and O–H groups in total. The Bertz CT molecular complexity index is 946. The number of carbonyl (C=O) groups is 1. The average molecular weight is 419 g/mol. The third-order valence-corrected chi connectivity index (χ3v) is 4.96. The van der Waals surface area contributed by atoms with Crippen molar-refractivity contribution in [3.63, 3.8) is 0 Å². The van der Waals surface area contributed by atoms with Crippen LogP contribution in [0, 0.1) is 6.92 Å². The predicted octanol–water partition coefficient (Wildman–Crippen LogP) is -0.495. The molecule has 2 rings (SSSR count). The number of esters is 1. The molecule has 0 radical (unpaired) electrons. The molecule has 1 aliphatic rings. The molecule has 1 fully saturated rings. The van der Waals surface area contributed by atoms with Crippen molar-refractivity contribution in [3.05, 3.63) is 43.0 Å². The number of hydrogen-bond acceptors (Lipinski definition) is 8. The van der Waals surface area contributed by atoms with Gasteiger partial charge in [0.25, 0.3) is 11.4 Å². The van der Waals surface area contributed by atoms with Crippen LogP contribution < -0.4 is 11.2 Å². The number of methoxy groups -OCH3 is 1. The number of aromatic nitrogens is 2. The lowest BCUT2D eigenvalue weighted by Gasteiger charge is -2.21. The van der Waals surface area contributed by atoms with Gasteiger partial charge in [-0.3, -0.25) is 18.9 Å². The highest BCUT2D eigenvalue weighted by Crippen LogP contribution is 2.43. The van der Waals surface area contributed by atoms with Gasteiger partial charge in [-0.2, -0.15) is 0 Å². The highest BCUT2D eigenvalue weighted by Gasteiger charge is 2.42. The van der Waals surface area contributed by atoms with Crippen molar-refractivity contribution >= 4 is 13.6 Å². The van der Waals surface area contributed by atoms with Crippen molar-refractivity contribution in [1.82, 2.24) is 9.55 Å². The number of aromatic amines is 1. The van der Waals surface area contributed by atoms with Crippen molar-refractivity contribution in [2.24, 2.45) is 5.11 Å². The van der Waals surface area contributed by atoms with Crippen LogP contribution in [0.15, 0.2) is 20.9 Å². The van der Waals surface area contributed by atoms with Crippen molar-refractivity contribution in [2.45, 2.75) is 37.6 Å². The van der Waals surface area contributed by atoms with Crippen LogP contribution in [0.3, 0.4) is 0 Å². The molecule has 1 aromatic rings. The van der Waals surface area contributed by atoms with Gasteiger partial charge in [0.05, 0.1) is 25.9 Å². The minimum absolute atomic E-state index is 0.0300. The van der Waals surface area contributed by atoms with Gasteiger partial charge in [0, 0.05) is 23.1 Å². The second-order valence-electron chi connectivity index (χ2n) is 5.91. The zero-order chi connectivity index (χ0) is 21.1. The second-order valence-corrected chi connectivity index (χ2v) is 7.56. The summed E-state index contributed by atoms with van der Waals surface area (Å²) in [6.07, 6.45) is -0.644. The van der Waals surface area contributed by atoms with Crippen LogP contribution in [-0.4, -0.2) is 57.0 Å². The van der Waals surface area contributed by atoms with E-state index in [4.69, 9.17) is 15.0 Å². The second kappa shape index (κ2) is 8.69. The zero-order valence-electron chi connectivity index (χ0n) is 14.8. The third kappa shape index (κ3) is 4.87. The molecule has 14 nitrogen and oxygen atoms in total. The van der Waals surface area contributed by atoms with Crippen molar-refractivity contribution in [2.75, 3.05) is 13.7 Å². The van der Waals surface area contributed by atoms with Crippen LogP contribution in [-0.2, 0) is 23.6 Å². The molecule has 1 saturated heterocycles. The van der Waals surface area contributed by atoms with E-state index in [1.54, 1.807) is 0 Å². The predicted molar refractivity (Wildman–Crippen MR) is 91.3 cm³/mol. The van der Waals surface area contributed by atoms with E-state index in [-0.39, 0.29) is 12.0 Å². The molecule has 0 aromatic carbocycles. The third-order valence-electron chi connectivity index (χ3n) is 3.99. The normalized spacial score (nSPS) is 23.1. The lowest BCUT2D eigenvalue weighted by atomic mass is 10.1. The van der Waals surface area contributed by atoms with Crippen LogP contribution in [0.5, 0.6) is 0 Å². The summed E-state index contributed by atoms with van der Waals surface area (Å²) in [6, 6.07) is -0.857. The van der Waals surface area contributed by atoms with Gasteiger partial charge in [-0.25, -0.2) is 9.59 Å². The Hall–Kier alpha value is -2.47. The fraction of sp³-hybridized carbons (Fsp3) is 0.615. The van der Waals surface area contributed by atoms with E-state index in [0.29, 0.717) is 0 Å². The summed E-state index contributed by atoms with van der Waals surface area (Å²) in [5.74, 6) is -3.46. The van der Waals surface area contributed by atoms with Gasteiger partial charge >= 0.3 is 19.3 Å². The Labute approximate surface area is 156 Å². The van der Waals surface area contributed by atoms with Crippen LogP contribution in [0.25, 0.3) is 10.4 Å². The van der Waals surface area contributed by atoms with E-state index >= 15 is 0 Å². The van der Waals surface area contributed by atoms with E-state index < -0.39 is 55.6 Å². The van der Waals surface area contributed by atoms with Gasteiger partial charge in [-0.15, -0.1) is 0 Å². The molecular formula is C13H18N5O9P. The van der Waals surface area contributed by atoms with E-state index in [0.717, 1.165) is 11.7 Å². The van der Waals surface area contributed by atoms with Crippen LogP contribution in [0.2, 0.25) is 0 Å². The number of nitrogens with one attached hydrogen (secondary N) is 1. The fourth-order valence-electron chi connectivity index (χ4n) is 2.61. The quantitative estimate of drug-likeness (QED) is 0.171. The maximum Gasteiger partial charge on any atom is 0.365 e. The van der Waals surface area contributed by atoms with Gasteiger partial charge in [-0.1, -0.05) is 5.11 Å². The molecule has 28 heavy (non-hydrogen) atoms. The molecule has 15 heteroatoms. The van der Waals surface area contributed by atoms with Crippen molar-refractivity contribution in [1.29, 1.82) is 0 Å². The highest BCUT2D eigenvalue weighted by atomic mass is 31.2. The minimum atomic E-state index is -4.98. The molecule has 4 unspecified atom stereocenters. The number of hydrogen-bond donors (Lipinski definition) is 3. The van der Waals surface area contributed by atoms with Crippen molar-refractivity contribution in [3.8, 4) is 0 Å². The topological polar surface area (TPSA) is 206 Å². The number of nitrogens with zero attached hydrogens (tertiary/aromatic N) is 4. The number of aryl methyl sites for hydroxylation is 1. The van der Waals surface area contributed by atoms with Crippen LogP contribution in [0.4, 0.5) is 0 Å². The number of H-pyrrole nitrogens is 1. The molecule has 0 bridgehead atoms. The Morgan fingerprint density at radius 2 is 2.25 bits per heavy atom. The van der Waals surface area contributed by atoms with E-state index in [1.807, 2.05) is 0 Å². The Kier molecular flexibility index (Phi) is 6.77. The number of rotatable bonds is 7. The molecule has 4 atom stereocenters. The average Bonchev–Trinajstić information content (AvgIpc) is 3.00. The van der Waals surface area contributed by atoms with Crippen LogP contribution >= 0.6 is 7.60 Å². The summed E-state index contributed by atoms with van der Waals surface area (Å²) >= 11 is 0. The lowest BCUT2D eigenvalue weighted by Crippen LogP contribution is -2.34. The largest absolute Gasteiger partial charge is 0.467 e. The minimum Gasteiger partial charge on any atom is -0.467 e. The smallest absolute Gasteiger partial charge is 0.365 e. The SMILES string of the molecule is COC(=O)C(OCC1OC(n2cc(C)c(=O)[nH]c2=O)CC1N=[N+]=[N-])P(=O)(O)O. The first-order valence-corrected chi connectivity index (χ1v) is 9.53. The van der Waals surface area contributed by atoms with Crippen molar-refractivity contribution < 1.29 is 33.4 Å².